The maximum Gasteiger partial charge on any atom is 0.251 e. The summed E-state index contributed by atoms with van der Waals surface area (Å²) in [6.07, 6.45) is 7.09. The Balaban J connectivity index is 1.51. The second-order valence-corrected chi connectivity index (χ2v) is 8.13. The van der Waals surface area contributed by atoms with E-state index in [1.54, 1.807) is 6.08 Å². The van der Waals surface area contributed by atoms with Gasteiger partial charge in [-0.2, -0.15) is 0 Å². The third-order valence-corrected chi connectivity index (χ3v) is 6.42. The first-order valence-corrected chi connectivity index (χ1v) is 10.2. The molecule has 0 saturated heterocycles. The molecule has 1 aromatic carbocycles. The van der Waals surface area contributed by atoms with Crippen LogP contribution in [0.15, 0.2) is 24.3 Å². The van der Waals surface area contributed by atoms with Crippen molar-refractivity contribution in [1.29, 1.82) is 0 Å². The Morgan fingerprint density at radius 2 is 2.14 bits per heavy atom. The maximum absolute atomic E-state index is 12.4. The van der Waals surface area contributed by atoms with Crippen LogP contribution in [0.2, 0.25) is 0 Å². The van der Waals surface area contributed by atoms with E-state index in [2.05, 4.69) is 12.2 Å². The van der Waals surface area contributed by atoms with E-state index in [0.29, 0.717) is 28.0 Å². The summed E-state index contributed by atoms with van der Waals surface area (Å²) in [4.78, 5) is 25.6. The number of benzene rings is 1. The van der Waals surface area contributed by atoms with Crippen molar-refractivity contribution in [2.24, 2.45) is 11.7 Å². The van der Waals surface area contributed by atoms with Crippen molar-refractivity contribution >= 4 is 34.2 Å². The number of rotatable bonds is 5. The van der Waals surface area contributed by atoms with Crippen molar-refractivity contribution in [3.05, 3.63) is 45.8 Å². The van der Waals surface area contributed by atoms with Crippen LogP contribution >= 0.6 is 11.3 Å². The minimum Gasteiger partial charge on any atom is -0.454 e. The van der Waals surface area contributed by atoms with E-state index in [0.717, 1.165) is 36.8 Å². The monoisotopic (exact) mass is 398 g/mol. The lowest BCUT2D eigenvalue weighted by Crippen LogP contribution is -2.19. The highest BCUT2D eigenvalue weighted by Crippen LogP contribution is 2.40. The topological polar surface area (TPSA) is 90.7 Å². The summed E-state index contributed by atoms with van der Waals surface area (Å²) >= 11 is 1.47. The van der Waals surface area contributed by atoms with Gasteiger partial charge in [-0.3, -0.25) is 9.59 Å². The minimum absolute atomic E-state index is 0.209. The fourth-order valence-corrected chi connectivity index (χ4v) is 5.06. The SMILES string of the molecule is CC[C@@H]1CCc2c(sc(NC(=O)/C=C\c3ccc4c(c3)OCO4)c2C(N)=O)C1. The summed E-state index contributed by atoms with van der Waals surface area (Å²) < 4.78 is 10.6. The van der Waals surface area contributed by atoms with Crippen molar-refractivity contribution in [2.45, 2.75) is 32.6 Å². The Labute approximate surface area is 167 Å². The van der Waals surface area contributed by atoms with E-state index < -0.39 is 5.91 Å². The molecule has 2 heterocycles. The van der Waals surface area contributed by atoms with Crippen molar-refractivity contribution in [2.75, 3.05) is 12.1 Å². The molecule has 0 saturated carbocycles. The largest absolute Gasteiger partial charge is 0.454 e. The number of primary amides is 1. The number of carbonyl (C=O) groups excluding carboxylic acids is 2. The second-order valence-electron chi connectivity index (χ2n) is 7.02. The third-order valence-electron chi connectivity index (χ3n) is 5.25. The van der Waals surface area contributed by atoms with Crippen molar-refractivity contribution in [3.63, 3.8) is 0 Å². The number of thiophene rings is 1. The summed E-state index contributed by atoms with van der Waals surface area (Å²) in [5.41, 5.74) is 7.92. The number of hydrogen-bond acceptors (Lipinski definition) is 5. The van der Waals surface area contributed by atoms with Gasteiger partial charge in [0.1, 0.15) is 5.00 Å². The fourth-order valence-electron chi connectivity index (χ4n) is 3.69. The van der Waals surface area contributed by atoms with E-state index in [1.807, 2.05) is 18.2 Å². The standard InChI is InChI=1S/C21H22N2O4S/c1-2-12-3-6-14-17(10-12)28-21(19(14)20(22)25)23-18(24)8-5-13-4-7-15-16(9-13)27-11-26-15/h4-5,7-9,12H,2-3,6,10-11H2,1H3,(H2,22,25)(H,23,24)/b8-5-/t12-/m1/s1. The van der Waals surface area contributed by atoms with E-state index in [9.17, 15) is 9.59 Å². The smallest absolute Gasteiger partial charge is 0.251 e. The molecule has 1 aliphatic carbocycles. The number of nitrogens with one attached hydrogen (secondary N) is 1. The molecule has 7 heteroatoms. The van der Waals surface area contributed by atoms with Crippen LogP contribution in [0, 0.1) is 5.92 Å². The van der Waals surface area contributed by atoms with Crippen LogP contribution in [-0.2, 0) is 17.6 Å². The van der Waals surface area contributed by atoms with E-state index in [1.165, 1.54) is 22.3 Å². The Kier molecular flexibility index (Phi) is 5.09. The van der Waals surface area contributed by atoms with Crippen LogP contribution in [0.4, 0.5) is 5.00 Å². The first-order valence-electron chi connectivity index (χ1n) is 9.38. The zero-order valence-corrected chi connectivity index (χ0v) is 16.4. The zero-order chi connectivity index (χ0) is 19.7. The number of ether oxygens (including phenoxy) is 2. The van der Waals surface area contributed by atoms with Gasteiger partial charge >= 0.3 is 0 Å². The van der Waals surface area contributed by atoms with Crippen LogP contribution in [0.3, 0.4) is 0 Å². The van der Waals surface area contributed by atoms with Gasteiger partial charge in [0.2, 0.25) is 12.7 Å². The number of anilines is 1. The first kappa shape index (κ1) is 18.6. The lowest BCUT2D eigenvalue weighted by molar-refractivity contribution is -0.111. The van der Waals surface area contributed by atoms with Crippen molar-refractivity contribution in [1.82, 2.24) is 0 Å². The van der Waals surface area contributed by atoms with Crippen molar-refractivity contribution < 1.29 is 19.1 Å². The number of fused-ring (bicyclic) bond motifs is 2. The van der Waals surface area contributed by atoms with Gasteiger partial charge in [0.15, 0.2) is 11.5 Å². The van der Waals surface area contributed by atoms with E-state index in [4.69, 9.17) is 15.2 Å². The highest BCUT2D eigenvalue weighted by molar-refractivity contribution is 7.17. The van der Waals surface area contributed by atoms with Crippen LogP contribution in [0.5, 0.6) is 11.5 Å². The number of hydrogen-bond donors (Lipinski definition) is 2. The van der Waals surface area contributed by atoms with E-state index >= 15 is 0 Å². The molecule has 0 radical (unpaired) electrons. The maximum atomic E-state index is 12.4. The van der Waals surface area contributed by atoms with Gasteiger partial charge in [-0.15, -0.1) is 11.3 Å². The average molecular weight is 398 g/mol. The van der Waals surface area contributed by atoms with Gasteiger partial charge in [0, 0.05) is 11.0 Å². The summed E-state index contributed by atoms with van der Waals surface area (Å²) in [6.45, 7) is 2.39. The molecule has 1 atom stereocenters. The minimum atomic E-state index is -0.484. The van der Waals surface area contributed by atoms with Gasteiger partial charge in [-0.1, -0.05) is 19.4 Å². The number of carbonyl (C=O) groups is 2. The molecule has 2 amide bonds. The molecule has 0 spiro atoms. The Bertz CT molecular complexity index is 964. The van der Waals surface area contributed by atoms with Crippen LogP contribution in [-0.4, -0.2) is 18.6 Å². The molecule has 4 rings (SSSR count). The fraction of sp³-hybridized carbons (Fsp3) is 0.333. The molecular weight excluding hydrogens is 376 g/mol. The van der Waals surface area contributed by atoms with Crippen LogP contribution in [0.1, 0.15) is 46.1 Å². The normalized spacial score (nSPS) is 17.5. The van der Waals surface area contributed by atoms with Crippen molar-refractivity contribution in [3.8, 4) is 11.5 Å². The van der Waals surface area contributed by atoms with Gasteiger partial charge in [-0.05, 0) is 54.5 Å². The summed E-state index contributed by atoms with van der Waals surface area (Å²) in [7, 11) is 0. The zero-order valence-electron chi connectivity index (χ0n) is 15.6. The Morgan fingerprint density at radius 3 is 2.93 bits per heavy atom. The quantitative estimate of drug-likeness (QED) is 0.751. The molecule has 0 bridgehead atoms. The predicted molar refractivity (Wildman–Crippen MR) is 109 cm³/mol. The predicted octanol–water partition coefficient (Wildman–Crippen LogP) is 3.74. The summed E-state index contributed by atoms with van der Waals surface area (Å²) in [5.74, 6) is 1.20. The average Bonchev–Trinajstić information content (AvgIpc) is 3.28. The molecule has 2 aliphatic rings. The lowest BCUT2D eigenvalue weighted by atomic mass is 9.85. The molecule has 1 aliphatic heterocycles. The molecular formula is C21H22N2O4S. The second kappa shape index (κ2) is 7.67. The van der Waals surface area contributed by atoms with Crippen LogP contribution < -0.4 is 20.5 Å². The Hall–Kier alpha value is -2.80. The molecule has 2 aromatic rings. The first-order chi connectivity index (χ1) is 13.5. The highest BCUT2D eigenvalue weighted by Gasteiger charge is 2.27. The molecule has 146 valence electrons. The molecule has 1 aromatic heterocycles. The molecule has 0 unspecified atom stereocenters. The molecule has 28 heavy (non-hydrogen) atoms. The highest BCUT2D eigenvalue weighted by atomic mass is 32.1. The number of amides is 2. The van der Waals surface area contributed by atoms with E-state index in [-0.39, 0.29) is 12.7 Å². The van der Waals surface area contributed by atoms with Crippen LogP contribution in [0.25, 0.3) is 6.08 Å². The molecule has 6 nitrogen and oxygen atoms in total. The van der Waals surface area contributed by atoms with Gasteiger partial charge < -0.3 is 20.5 Å². The Morgan fingerprint density at radius 1 is 1.32 bits per heavy atom. The number of nitrogens with two attached hydrogens (primary N) is 1. The lowest BCUT2D eigenvalue weighted by Gasteiger charge is -2.20. The molecule has 0 fully saturated rings. The summed E-state index contributed by atoms with van der Waals surface area (Å²) in [6, 6.07) is 5.47. The van der Waals surface area contributed by atoms with Gasteiger partial charge in [0.05, 0.1) is 5.56 Å². The van der Waals surface area contributed by atoms with Gasteiger partial charge in [-0.25, -0.2) is 0 Å². The van der Waals surface area contributed by atoms with Gasteiger partial charge in [0.25, 0.3) is 5.91 Å². The molecule has 3 N–H and O–H groups in total. The third kappa shape index (κ3) is 3.62. The summed E-state index contributed by atoms with van der Waals surface area (Å²) in [5, 5.41) is 3.39.